The molecule has 0 aliphatic carbocycles. The molecule has 5 heteroatoms. The van der Waals surface area contributed by atoms with E-state index < -0.39 is 11.9 Å². The molecule has 0 bridgehead atoms. The van der Waals surface area contributed by atoms with Crippen LogP contribution >= 0.6 is 0 Å². The molecule has 102 valence electrons. The summed E-state index contributed by atoms with van der Waals surface area (Å²) < 4.78 is 20.2. The number of halogens is 1. The molecule has 19 heavy (non-hydrogen) atoms. The Hall–Kier alpha value is -1.88. The van der Waals surface area contributed by atoms with Gasteiger partial charge in [0.15, 0.2) is 11.6 Å². The largest absolute Gasteiger partial charge is 0.494 e. The standard InChI is InChI=1S/C14H17FN2O2/c1-9(2)17-8-11(7-16-17)14(18)10-4-5-13(19-3)12(15)6-10/h4-9,14,18H,1-3H3. The molecule has 1 unspecified atom stereocenters. The number of nitrogens with zero attached hydrogens (tertiary/aromatic N) is 2. The van der Waals surface area contributed by atoms with Crippen LogP contribution in [0.15, 0.2) is 30.6 Å². The summed E-state index contributed by atoms with van der Waals surface area (Å²) in [6.07, 6.45) is 2.46. The third kappa shape index (κ3) is 2.76. The highest BCUT2D eigenvalue weighted by Crippen LogP contribution is 2.26. The summed E-state index contributed by atoms with van der Waals surface area (Å²) in [4.78, 5) is 0. The van der Waals surface area contributed by atoms with Crippen LogP contribution in [0.3, 0.4) is 0 Å². The van der Waals surface area contributed by atoms with E-state index in [4.69, 9.17) is 4.74 Å². The first kappa shape index (κ1) is 13.5. The van der Waals surface area contributed by atoms with E-state index in [1.165, 1.54) is 19.2 Å². The van der Waals surface area contributed by atoms with Crippen molar-refractivity contribution < 1.29 is 14.2 Å². The highest BCUT2D eigenvalue weighted by molar-refractivity contribution is 5.34. The van der Waals surface area contributed by atoms with Gasteiger partial charge in [0.1, 0.15) is 6.10 Å². The van der Waals surface area contributed by atoms with E-state index in [1.54, 1.807) is 23.1 Å². The molecule has 1 aromatic heterocycles. The average Bonchev–Trinajstić information content (AvgIpc) is 2.87. The number of hydrogen-bond acceptors (Lipinski definition) is 3. The van der Waals surface area contributed by atoms with E-state index in [0.717, 1.165) is 0 Å². The van der Waals surface area contributed by atoms with Gasteiger partial charge in [0, 0.05) is 17.8 Å². The smallest absolute Gasteiger partial charge is 0.165 e. The van der Waals surface area contributed by atoms with Crippen molar-refractivity contribution >= 4 is 0 Å². The fourth-order valence-corrected chi connectivity index (χ4v) is 1.82. The quantitative estimate of drug-likeness (QED) is 0.923. The lowest BCUT2D eigenvalue weighted by molar-refractivity contribution is 0.219. The summed E-state index contributed by atoms with van der Waals surface area (Å²) in [5.74, 6) is -0.330. The molecule has 0 fully saturated rings. The van der Waals surface area contributed by atoms with E-state index >= 15 is 0 Å². The Balaban J connectivity index is 2.27. The first-order valence-corrected chi connectivity index (χ1v) is 6.08. The van der Waals surface area contributed by atoms with Crippen molar-refractivity contribution in [3.05, 3.63) is 47.5 Å². The van der Waals surface area contributed by atoms with Crippen LogP contribution in [0.5, 0.6) is 5.75 Å². The number of ether oxygens (including phenoxy) is 1. The summed E-state index contributed by atoms with van der Waals surface area (Å²) in [5, 5.41) is 14.4. The molecule has 1 heterocycles. The van der Waals surface area contributed by atoms with Gasteiger partial charge in [-0.15, -0.1) is 0 Å². The number of aromatic nitrogens is 2. The van der Waals surface area contributed by atoms with E-state index in [1.807, 2.05) is 13.8 Å². The Morgan fingerprint density at radius 1 is 1.32 bits per heavy atom. The number of aliphatic hydroxyl groups is 1. The van der Waals surface area contributed by atoms with Crippen molar-refractivity contribution in [1.82, 2.24) is 9.78 Å². The molecule has 1 atom stereocenters. The second-order valence-electron chi connectivity index (χ2n) is 4.64. The fourth-order valence-electron chi connectivity index (χ4n) is 1.82. The zero-order chi connectivity index (χ0) is 14.0. The van der Waals surface area contributed by atoms with E-state index in [2.05, 4.69) is 5.10 Å². The molecule has 0 saturated carbocycles. The molecular weight excluding hydrogens is 247 g/mol. The van der Waals surface area contributed by atoms with Gasteiger partial charge in [0.05, 0.1) is 13.3 Å². The number of methoxy groups -OCH3 is 1. The summed E-state index contributed by atoms with van der Waals surface area (Å²) in [7, 11) is 1.40. The SMILES string of the molecule is COc1ccc(C(O)c2cnn(C(C)C)c2)cc1F. The van der Waals surface area contributed by atoms with E-state index in [-0.39, 0.29) is 11.8 Å². The maximum absolute atomic E-state index is 13.6. The van der Waals surface area contributed by atoms with Crippen LogP contribution in [-0.2, 0) is 0 Å². The number of rotatable bonds is 4. The van der Waals surface area contributed by atoms with Gasteiger partial charge in [0.2, 0.25) is 0 Å². The molecular formula is C14H17FN2O2. The average molecular weight is 264 g/mol. The third-order valence-corrected chi connectivity index (χ3v) is 2.96. The summed E-state index contributed by atoms with van der Waals surface area (Å²) in [6, 6.07) is 4.63. The molecule has 1 aromatic carbocycles. The molecule has 2 rings (SSSR count). The Kier molecular flexibility index (Phi) is 3.85. The highest BCUT2D eigenvalue weighted by atomic mass is 19.1. The lowest BCUT2D eigenvalue weighted by Crippen LogP contribution is -2.02. The van der Waals surface area contributed by atoms with Crippen LogP contribution in [0, 0.1) is 5.82 Å². The molecule has 0 radical (unpaired) electrons. The number of hydrogen-bond donors (Lipinski definition) is 1. The molecule has 0 aliphatic rings. The van der Waals surface area contributed by atoms with Crippen LogP contribution in [0.25, 0.3) is 0 Å². The Morgan fingerprint density at radius 3 is 2.58 bits per heavy atom. The minimum atomic E-state index is -0.895. The molecule has 0 spiro atoms. The lowest BCUT2D eigenvalue weighted by atomic mass is 10.0. The van der Waals surface area contributed by atoms with Crippen LogP contribution < -0.4 is 4.74 Å². The lowest BCUT2D eigenvalue weighted by Gasteiger charge is -2.10. The van der Waals surface area contributed by atoms with Crippen LogP contribution in [-0.4, -0.2) is 22.0 Å². The minimum Gasteiger partial charge on any atom is -0.494 e. The molecule has 0 amide bonds. The first-order valence-electron chi connectivity index (χ1n) is 6.08. The topological polar surface area (TPSA) is 47.3 Å². The Labute approximate surface area is 111 Å². The predicted molar refractivity (Wildman–Crippen MR) is 69.6 cm³/mol. The second-order valence-corrected chi connectivity index (χ2v) is 4.64. The Bertz CT molecular complexity index is 566. The van der Waals surface area contributed by atoms with Gasteiger partial charge in [-0.3, -0.25) is 4.68 Å². The van der Waals surface area contributed by atoms with Crippen molar-refractivity contribution in [2.45, 2.75) is 26.0 Å². The van der Waals surface area contributed by atoms with Crippen molar-refractivity contribution in [2.75, 3.05) is 7.11 Å². The van der Waals surface area contributed by atoms with E-state index in [0.29, 0.717) is 11.1 Å². The number of aliphatic hydroxyl groups excluding tert-OH is 1. The molecule has 2 aromatic rings. The molecule has 0 aliphatic heterocycles. The predicted octanol–water partition coefficient (Wildman–Crippen LogP) is 2.69. The van der Waals surface area contributed by atoms with Gasteiger partial charge < -0.3 is 9.84 Å². The van der Waals surface area contributed by atoms with Gasteiger partial charge in [-0.1, -0.05) is 6.07 Å². The molecule has 1 N–H and O–H groups in total. The van der Waals surface area contributed by atoms with Crippen LogP contribution in [0.4, 0.5) is 4.39 Å². The first-order chi connectivity index (χ1) is 9.02. The second kappa shape index (κ2) is 5.40. The monoisotopic (exact) mass is 264 g/mol. The maximum Gasteiger partial charge on any atom is 0.165 e. The minimum absolute atomic E-state index is 0.161. The van der Waals surface area contributed by atoms with Crippen LogP contribution in [0.1, 0.15) is 37.1 Å². The summed E-state index contributed by atoms with van der Waals surface area (Å²) in [6.45, 7) is 3.99. The van der Waals surface area contributed by atoms with Gasteiger partial charge in [-0.2, -0.15) is 5.10 Å². The number of benzene rings is 1. The van der Waals surface area contributed by atoms with Crippen molar-refractivity contribution in [3.63, 3.8) is 0 Å². The zero-order valence-electron chi connectivity index (χ0n) is 11.2. The maximum atomic E-state index is 13.6. The van der Waals surface area contributed by atoms with Gasteiger partial charge in [-0.05, 0) is 31.5 Å². The molecule has 4 nitrogen and oxygen atoms in total. The van der Waals surface area contributed by atoms with Gasteiger partial charge >= 0.3 is 0 Å². The fraction of sp³-hybridized carbons (Fsp3) is 0.357. The van der Waals surface area contributed by atoms with Crippen molar-refractivity contribution in [1.29, 1.82) is 0 Å². The summed E-state index contributed by atoms with van der Waals surface area (Å²) >= 11 is 0. The molecule has 0 saturated heterocycles. The van der Waals surface area contributed by atoms with E-state index in [9.17, 15) is 9.50 Å². The van der Waals surface area contributed by atoms with Gasteiger partial charge in [0.25, 0.3) is 0 Å². The normalized spacial score (nSPS) is 12.7. The van der Waals surface area contributed by atoms with Gasteiger partial charge in [-0.25, -0.2) is 4.39 Å². The van der Waals surface area contributed by atoms with Crippen molar-refractivity contribution in [3.8, 4) is 5.75 Å². The zero-order valence-corrected chi connectivity index (χ0v) is 11.2. The van der Waals surface area contributed by atoms with Crippen molar-refractivity contribution in [2.24, 2.45) is 0 Å². The van der Waals surface area contributed by atoms with Crippen LogP contribution in [0.2, 0.25) is 0 Å². The third-order valence-electron chi connectivity index (χ3n) is 2.96. The summed E-state index contributed by atoms with van der Waals surface area (Å²) in [5.41, 5.74) is 1.11. The highest BCUT2D eigenvalue weighted by Gasteiger charge is 2.15. The Morgan fingerprint density at radius 2 is 2.05 bits per heavy atom.